The molecule has 0 spiro atoms. The minimum absolute atomic E-state index is 0.194. The number of hydrogen-bond donors (Lipinski definition) is 1. The van der Waals surface area contributed by atoms with E-state index in [1.54, 1.807) is 31.4 Å². The average molecular weight is 362 g/mol. The van der Waals surface area contributed by atoms with Gasteiger partial charge in [0.2, 0.25) is 0 Å². The van der Waals surface area contributed by atoms with Crippen LogP contribution in [-0.2, 0) is 14.8 Å². The van der Waals surface area contributed by atoms with Crippen LogP contribution in [0, 0.1) is 0 Å². The second-order valence-corrected chi connectivity index (χ2v) is 7.64. The van der Waals surface area contributed by atoms with E-state index in [4.69, 9.17) is 9.47 Å². The lowest BCUT2D eigenvalue weighted by Crippen LogP contribution is -2.41. The van der Waals surface area contributed by atoms with Crippen molar-refractivity contribution in [3.05, 3.63) is 48.5 Å². The lowest BCUT2D eigenvalue weighted by molar-refractivity contribution is 0.0532. The van der Waals surface area contributed by atoms with Crippen molar-refractivity contribution < 1.29 is 17.9 Å². The zero-order valence-electron chi connectivity index (χ0n) is 14.3. The van der Waals surface area contributed by atoms with Crippen molar-refractivity contribution in [2.75, 3.05) is 36.4 Å². The zero-order chi connectivity index (χ0) is 17.9. The largest absolute Gasteiger partial charge is 0.497 e. The molecule has 1 saturated heterocycles. The molecule has 0 aromatic heterocycles. The molecule has 25 heavy (non-hydrogen) atoms. The first-order valence-corrected chi connectivity index (χ1v) is 9.60. The van der Waals surface area contributed by atoms with Gasteiger partial charge in [0.05, 0.1) is 24.7 Å². The first kappa shape index (κ1) is 17.6. The SMILES string of the molecule is COc1ccc(S(=O)(=O)Nc2ccc(N3CCOC(C)C3)cc2)cc1. The Morgan fingerprint density at radius 1 is 1.12 bits per heavy atom. The highest BCUT2D eigenvalue weighted by atomic mass is 32.2. The van der Waals surface area contributed by atoms with E-state index in [2.05, 4.69) is 9.62 Å². The van der Waals surface area contributed by atoms with Crippen molar-refractivity contribution in [1.29, 1.82) is 0 Å². The minimum Gasteiger partial charge on any atom is -0.497 e. The Bertz CT molecular complexity index is 804. The molecule has 2 aromatic rings. The molecule has 1 N–H and O–H groups in total. The molecule has 1 heterocycles. The van der Waals surface area contributed by atoms with Gasteiger partial charge < -0.3 is 14.4 Å². The number of nitrogens with one attached hydrogen (secondary N) is 1. The average Bonchev–Trinajstić information content (AvgIpc) is 2.62. The van der Waals surface area contributed by atoms with E-state index in [0.29, 0.717) is 18.0 Å². The van der Waals surface area contributed by atoms with Crippen molar-refractivity contribution in [3.8, 4) is 5.75 Å². The molecule has 7 heteroatoms. The fraction of sp³-hybridized carbons (Fsp3) is 0.333. The van der Waals surface area contributed by atoms with Gasteiger partial charge in [-0.25, -0.2) is 8.42 Å². The van der Waals surface area contributed by atoms with E-state index >= 15 is 0 Å². The fourth-order valence-corrected chi connectivity index (χ4v) is 3.82. The summed E-state index contributed by atoms with van der Waals surface area (Å²) in [5.74, 6) is 0.614. The maximum atomic E-state index is 12.5. The molecule has 1 unspecified atom stereocenters. The van der Waals surface area contributed by atoms with Gasteiger partial charge in [0.1, 0.15) is 5.75 Å². The Morgan fingerprint density at radius 2 is 1.80 bits per heavy atom. The molecule has 0 radical (unpaired) electrons. The number of benzene rings is 2. The molecule has 1 atom stereocenters. The van der Waals surface area contributed by atoms with Crippen LogP contribution >= 0.6 is 0 Å². The highest BCUT2D eigenvalue weighted by Gasteiger charge is 2.18. The highest BCUT2D eigenvalue weighted by molar-refractivity contribution is 7.92. The number of sulfonamides is 1. The Balaban J connectivity index is 1.71. The van der Waals surface area contributed by atoms with Crippen molar-refractivity contribution in [2.45, 2.75) is 17.9 Å². The van der Waals surface area contributed by atoms with E-state index in [0.717, 1.165) is 18.8 Å². The van der Waals surface area contributed by atoms with Crippen LogP contribution < -0.4 is 14.4 Å². The zero-order valence-corrected chi connectivity index (χ0v) is 15.1. The van der Waals surface area contributed by atoms with Crippen LogP contribution in [0.5, 0.6) is 5.75 Å². The van der Waals surface area contributed by atoms with Gasteiger partial charge in [-0.05, 0) is 55.5 Å². The van der Waals surface area contributed by atoms with Crippen LogP contribution in [0.4, 0.5) is 11.4 Å². The van der Waals surface area contributed by atoms with Gasteiger partial charge in [-0.1, -0.05) is 0 Å². The first-order valence-electron chi connectivity index (χ1n) is 8.11. The van der Waals surface area contributed by atoms with Crippen molar-refractivity contribution in [1.82, 2.24) is 0 Å². The van der Waals surface area contributed by atoms with Crippen LogP contribution in [-0.4, -0.2) is 41.3 Å². The third-order valence-electron chi connectivity index (χ3n) is 4.10. The maximum absolute atomic E-state index is 12.5. The summed E-state index contributed by atoms with van der Waals surface area (Å²) in [6.45, 7) is 4.41. The number of rotatable bonds is 5. The summed E-state index contributed by atoms with van der Waals surface area (Å²) >= 11 is 0. The standard InChI is InChI=1S/C18H22N2O4S/c1-14-13-20(11-12-24-14)16-5-3-15(4-6-16)19-25(21,22)18-9-7-17(23-2)8-10-18/h3-10,14,19H,11-13H2,1-2H3. The van der Waals surface area contributed by atoms with Crippen molar-refractivity contribution in [2.24, 2.45) is 0 Å². The van der Waals surface area contributed by atoms with Gasteiger partial charge in [-0.3, -0.25) is 4.72 Å². The third kappa shape index (κ3) is 4.24. The van der Waals surface area contributed by atoms with E-state index in [1.165, 1.54) is 12.1 Å². The van der Waals surface area contributed by atoms with E-state index in [-0.39, 0.29) is 11.0 Å². The monoisotopic (exact) mass is 362 g/mol. The van der Waals surface area contributed by atoms with Crippen LogP contribution in [0.25, 0.3) is 0 Å². The Labute approximate surface area is 148 Å². The van der Waals surface area contributed by atoms with Crippen LogP contribution in [0.15, 0.2) is 53.4 Å². The fourth-order valence-electron chi connectivity index (χ4n) is 2.76. The molecule has 134 valence electrons. The highest BCUT2D eigenvalue weighted by Crippen LogP contribution is 2.23. The number of ether oxygens (including phenoxy) is 2. The van der Waals surface area contributed by atoms with Gasteiger partial charge in [-0.15, -0.1) is 0 Å². The molecular formula is C18H22N2O4S. The molecule has 1 fully saturated rings. The third-order valence-corrected chi connectivity index (χ3v) is 5.49. The Kier molecular flexibility index (Phi) is 5.15. The summed E-state index contributed by atoms with van der Waals surface area (Å²) in [6, 6.07) is 13.7. The predicted octanol–water partition coefficient (Wildman–Crippen LogP) is 2.72. The molecule has 2 aromatic carbocycles. The maximum Gasteiger partial charge on any atom is 0.261 e. The normalized spacial score (nSPS) is 18.0. The molecule has 6 nitrogen and oxygen atoms in total. The second-order valence-electron chi connectivity index (χ2n) is 5.96. The molecule has 0 saturated carbocycles. The summed E-state index contributed by atoms with van der Waals surface area (Å²) < 4.78 is 38.1. The summed E-state index contributed by atoms with van der Waals surface area (Å²) in [5, 5.41) is 0. The molecule has 1 aliphatic rings. The predicted molar refractivity (Wildman–Crippen MR) is 97.9 cm³/mol. The lowest BCUT2D eigenvalue weighted by Gasteiger charge is -2.33. The first-order chi connectivity index (χ1) is 12.0. The lowest BCUT2D eigenvalue weighted by atomic mass is 10.2. The Hall–Kier alpha value is -2.25. The van der Waals surface area contributed by atoms with Gasteiger partial charge >= 0.3 is 0 Å². The summed E-state index contributed by atoms with van der Waals surface area (Å²) in [7, 11) is -2.08. The van der Waals surface area contributed by atoms with Crippen LogP contribution in [0.2, 0.25) is 0 Å². The molecule has 0 bridgehead atoms. The molecule has 0 amide bonds. The number of morpholine rings is 1. The van der Waals surface area contributed by atoms with Crippen molar-refractivity contribution >= 4 is 21.4 Å². The van der Waals surface area contributed by atoms with Crippen LogP contribution in [0.3, 0.4) is 0 Å². The number of methoxy groups -OCH3 is 1. The number of anilines is 2. The van der Waals surface area contributed by atoms with Gasteiger partial charge in [0.15, 0.2) is 0 Å². The van der Waals surface area contributed by atoms with Crippen molar-refractivity contribution in [3.63, 3.8) is 0 Å². The van der Waals surface area contributed by atoms with E-state index in [1.807, 2.05) is 19.1 Å². The quantitative estimate of drug-likeness (QED) is 0.886. The number of nitrogens with zero attached hydrogens (tertiary/aromatic N) is 1. The summed E-state index contributed by atoms with van der Waals surface area (Å²) in [6.07, 6.45) is 0.196. The molecule has 1 aliphatic heterocycles. The summed E-state index contributed by atoms with van der Waals surface area (Å²) in [5.41, 5.74) is 1.59. The number of hydrogen-bond acceptors (Lipinski definition) is 5. The molecule has 0 aliphatic carbocycles. The second kappa shape index (κ2) is 7.33. The minimum atomic E-state index is -3.62. The van der Waals surface area contributed by atoms with Gasteiger partial charge in [0, 0.05) is 24.5 Å². The van der Waals surface area contributed by atoms with E-state index < -0.39 is 10.0 Å². The van der Waals surface area contributed by atoms with E-state index in [9.17, 15) is 8.42 Å². The smallest absolute Gasteiger partial charge is 0.261 e. The van der Waals surface area contributed by atoms with Gasteiger partial charge in [-0.2, -0.15) is 0 Å². The topological polar surface area (TPSA) is 67.9 Å². The van der Waals surface area contributed by atoms with Crippen LogP contribution in [0.1, 0.15) is 6.92 Å². The van der Waals surface area contributed by atoms with Gasteiger partial charge in [0.25, 0.3) is 10.0 Å². The Morgan fingerprint density at radius 3 is 2.40 bits per heavy atom. The summed E-state index contributed by atoms with van der Waals surface area (Å²) in [4.78, 5) is 2.43. The molecule has 3 rings (SSSR count). The molecular weight excluding hydrogens is 340 g/mol.